The van der Waals surface area contributed by atoms with Crippen LogP contribution in [0.4, 0.5) is 0 Å². The van der Waals surface area contributed by atoms with E-state index in [1.807, 2.05) is 42.5 Å². The van der Waals surface area contributed by atoms with Crippen molar-refractivity contribution < 1.29 is 19.1 Å². The number of nitrogens with one attached hydrogen (secondary N) is 2. The SMILES string of the molecule is CC(C)c1ccc(OCC(=O)NNC(=O)COc2ccccc2C(C)C)c(Br)c1. The Bertz CT molecular complexity index is 852. The molecule has 0 aromatic heterocycles. The topological polar surface area (TPSA) is 76.7 Å². The van der Waals surface area contributed by atoms with Gasteiger partial charge in [0, 0.05) is 0 Å². The summed E-state index contributed by atoms with van der Waals surface area (Å²) in [7, 11) is 0. The van der Waals surface area contributed by atoms with Gasteiger partial charge in [0.1, 0.15) is 11.5 Å². The van der Waals surface area contributed by atoms with Crippen molar-refractivity contribution in [3.63, 3.8) is 0 Å². The lowest BCUT2D eigenvalue weighted by atomic mass is 10.0. The zero-order valence-corrected chi connectivity index (χ0v) is 18.7. The van der Waals surface area contributed by atoms with Crippen molar-refractivity contribution in [1.82, 2.24) is 10.9 Å². The third-order valence-corrected chi connectivity index (χ3v) is 4.84. The molecule has 0 unspecified atom stereocenters. The largest absolute Gasteiger partial charge is 0.483 e. The zero-order valence-electron chi connectivity index (χ0n) is 17.1. The fraction of sp³-hybridized carbons (Fsp3) is 0.364. The maximum absolute atomic E-state index is 11.9. The van der Waals surface area contributed by atoms with Crippen LogP contribution in [0.2, 0.25) is 0 Å². The van der Waals surface area contributed by atoms with Gasteiger partial charge in [-0.3, -0.25) is 20.4 Å². The quantitative estimate of drug-likeness (QED) is 0.573. The minimum absolute atomic E-state index is 0.201. The lowest BCUT2D eigenvalue weighted by Gasteiger charge is -2.14. The van der Waals surface area contributed by atoms with Gasteiger partial charge in [0.05, 0.1) is 4.47 Å². The van der Waals surface area contributed by atoms with Gasteiger partial charge < -0.3 is 9.47 Å². The Morgan fingerprint density at radius 2 is 1.45 bits per heavy atom. The summed E-state index contributed by atoms with van der Waals surface area (Å²) in [5.41, 5.74) is 6.82. The molecule has 0 aliphatic heterocycles. The van der Waals surface area contributed by atoms with Crippen LogP contribution in [0.25, 0.3) is 0 Å². The molecule has 0 radical (unpaired) electrons. The van der Waals surface area contributed by atoms with Crippen LogP contribution in [0.15, 0.2) is 46.9 Å². The van der Waals surface area contributed by atoms with E-state index in [0.717, 1.165) is 10.0 Å². The Labute approximate surface area is 180 Å². The third kappa shape index (κ3) is 7.09. The van der Waals surface area contributed by atoms with Crippen molar-refractivity contribution in [3.05, 3.63) is 58.1 Å². The van der Waals surface area contributed by atoms with Gasteiger partial charge in [-0.05, 0) is 57.1 Å². The summed E-state index contributed by atoms with van der Waals surface area (Å²) < 4.78 is 11.8. The number of amides is 2. The molecule has 0 fully saturated rings. The highest BCUT2D eigenvalue weighted by Gasteiger charge is 2.11. The monoisotopic (exact) mass is 462 g/mol. The smallest absolute Gasteiger partial charge is 0.276 e. The highest BCUT2D eigenvalue weighted by atomic mass is 79.9. The van der Waals surface area contributed by atoms with E-state index in [2.05, 4.69) is 54.5 Å². The minimum atomic E-state index is -0.472. The molecule has 7 heteroatoms. The van der Waals surface area contributed by atoms with Crippen LogP contribution in [-0.4, -0.2) is 25.0 Å². The number of hydrazine groups is 1. The average molecular weight is 463 g/mol. The number of halogens is 1. The number of benzene rings is 2. The van der Waals surface area contributed by atoms with Gasteiger partial charge >= 0.3 is 0 Å². The second-order valence-corrected chi connectivity index (χ2v) is 8.07. The molecule has 2 aromatic rings. The van der Waals surface area contributed by atoms with E-state index < -0.39 is 11.8 Å². The van der Waals surface area contributed by atoms with Crippen molar-refractivity contribution in [2.75, 3.05) is 13.2 Å². The van der Waals surface area contributed by atoms with Gasteiger partial charge in [0.15, 0.2) is 13.2 Å². The van der Waals surface area contributed by atoms with Crippen molar-refractivity contribution in [1.29, 1.82) is 0 Å². The van der Waals surface area contributed by atoms with E-state index in [0.29, 0.717) is 17.4 Å². The van der Waals surface area contributed by atoms with Gasteiger partial charge in [-0.1, -0.05) is 52.0 Å². The molecule has 0 aliphatic rings. The van der Waals surface area contributed by atoms with Gasteiger partial charge in [0.25, 0.3) is 11.8 Å². The van der Waals surface area contributed by atoms with E-state index in [-0.39, 0.29) is 19.1 Å². The Hall–Kier alpha value is -2.54. The summed E-state index contributed by atoms with van der Waals surface area (Å²) >= 11 is 3.44. The Kier molecular flexibility index (Phi) is 8.51. The molecule has 2 aromatic carbocycles. The maximum atomic E-state index is 11.9. The first-order valence-corrected chi connectivity index (χ1v) is 10.3. The van der Waals surface area contributed by atoms with E-state index in [9.17, 15) is 9.59 Å². The Morgan fingerprint density at radius 1 is 0.862 bits per heavy atom. The second kappa shape index (κ2) is 10.9. The molecule has 156 valence electrons. The fourth-order valence-corrected chi connectivity index (χ4v) is 3.09. The van der Waals surface area contributed by atoms with Crippen LogP contribution >= 0.6 is 15.9 Å². The number of para-hydroxylation sites is 1. The van der Waals surface area contributed by atoms with Crippen LogP contribution in [0.3, 0.4) is 0 Å². The molecule has 0 saturated carbocycles. The number of carbonyl (C=O) groups excluding carboxylic acids is 2. The summed E-state index contributed by atoms with van der Waals surface area (Å²) in [6.45, 7) is 7.88. The Morgan fingerprint density at radius 3 is 2.00 bits per heavy atom. The van der Waals surface area contributed by atoms with Crippen LogP contribution in [0, 0.1) is 0 Å². The van der Waals surface area contributed by atoms with Crippen molar-refractivity contribution in [2.45, 2.75) is 39.5 Å². The van der Waals surface area contributed by atoms with Crippen LogP contribution < -0.4 is 20.3 Å². The molecule has 29 heavy (non-hydrogen) atoms. The predicted molar refractivity (Wildman–Crippen MR) is 116 cm³/mol. The van der Waals surface area contributed by atoms with E-state index >= 15 is 0 Å². The minimum Gasteiger partial charge on any atom is -0.483 e. The number of hydrogen-bond donors (Lipinski definition) is 2. The zero-order chi connectivity index (χ0) is 21.4. The lowest BCUT2D eigenvalue weighted by Crippen LogP contribution is -2.45. The molecular formula is C22H27BrN2O4. The molecule has 0 bridgehead atoms. The average Bonchev–Trinajstić information content (AvgIpc) is 2.69. The first-order chi connectivity index (χ1) is 13.8. The molecule has 2 N–H and O–H groups in total. The van der Waals surface area contributed by atoms with E-state index in [1.54, 1.807) is 0 Å². The normalized spacial score (nSPS) is 10.7. The van der Waals surface area contributed by atoms with Gasteiger partial charge in [0.2, 0.25) is 0 Å². The summed E-state index contributed by atoms with van der Waals surface area (Å²) in [5.74, 6) is 0.959. The molecule has 0 spiro atoms. The maximum Gasteiger partial charge on any atom is 0.276 e. The number of ether oxygens (including phenoxy) is 2. The third-order valence-electron chi connectivity index (χ3n) is 4.22. The highest BCUT2D eigenvalue weighted by molar-refractivity contribution is 9.10. The first kappa shape index (κ1) is 22.7. The number of hydrogen-bond acceptors (Lipinski definition) is 4. The highest BCUT2D eigenvalue weighted by Crippen LogP contribution is 2.29. The van der Waals surface area contributed by atoms with Gasteiger partial charge in [-0.15, -0.1) is 0 Å². The summed E-state index contributed by atoms with van der Waals surface area (Å²) in [6.07, 6.45) is 0. The molecule has 2 rings (SSSR count). The summed E-state index contributed by atoms with van der Waals surface area (Å²) in [5, 5.41) is 0. The first-order valence-electron chi connectivity index (χ1n) is 9.49. The van der Waals surface area contributed by atoms with E-state index in [4.69, 9.17) is 9.47 Å². The molecule has 6 nitrogen and oxygen atoms in total. The predicted octanol–water partition coefficient (Wildman–Crippen LogP) is 4.30. The van der Waals surface area contributed by atoms with Crippen LogP contribution in [0.5, 0.6) is 11.5 Å². The van der Waals surface area contributed by atoms with Gasteiger partial charge in [-0.25, -0.2) is 0 Å². The molecular weight excluding hydrogens is 436 g/mol. The van der Waals surface area contributed by atoms with Gasteiger partial charge in [-0.2, -0.15) is 0 Å². The molecule has 0 atom stereocenters. The fourth-order valence-electron chi connectivity index (χ4n) is 2.58. The Balaban J connectivity index is 1.76. The molecule has 2 amide bonds. The molecule has 0 aliphatic carbocycles. The van der Waals surface area contributed by atoms with Crippen LogP contribution in [0.1, 0.15) is 50.7 Å². The van der Waals surface area contributed by atoms with Crippen LogP contribution in [-0.2, 0) is 9.59 Å². The second-order valence-electron chi connectivity index (χ2n) is 7.21. The lowest BCUT2D eigenvalue weighted by molar-refractivity contribution is -0.131. The molecule has 0 heterocycles. The number of rotatable bonds is 8. The summed E-state index contributed by atoms with van der Waals surface area (Å²) in [4.78, 5) is 23.9. The summed E-state index contributed by atoms with van der Waals surface area (Å²) in [6, 6.07) is 13.3. The van der Waals surface area contributed by atoms with Crippen molar-refractivity contribution in [3.8, 4) is 11.5 Å². The number of carbonyl (C=O) groups is 2. The van der Waals surface area contributed by atoms with E-state index in [1.165, 1.54) is 5.56 Å². The van der Waals surface area contributed by atoms with Crippen molar-refractivity contribution >= 4 is 27.7 Å². The van der Waals surface area contributed by atoms with Crippen molar-refractivity contribution in [2.24, 2.45) is 0 Å². The standard InChI is InChI=1S/C22H27BrN2O4/c1-14(2)16-9-10-20(18(23)11-16)29-13-22(27)25-24-21(26)12-28-19-8-6-5-7-17(19)15(3)4/h5-11,14-15H,12-13H2,1-4H3,(H,24,26)(H,25,27). The molecule has 0 saturated heterocycles.